The van der Waals surface area contributed by atoms with E-state index in [0.717, 1.165) is 12.8 Å². The van der Waals surface area contributed by atoms with Gasteiger partial charge in [0.25, 0.3) is 5.91 Å². The van der Waals surface area contributed by atoms with Crippen molar-refractivity contribution in [1.29, 1.82) is 0 Å². The molecule has 0 unspecified atom stereocenters. The monoisotopic (exact) mass is 558 g/mol. The highest BCUT2D eigenvalue weighted by atomic mass is 32.2. The molecule has 0 saturated heterocycles. The summed E-state index contributed by atoms with van der Waals surface area (Å²) in [5.41, 5.74) is 0.674. The molecule has 39 heavy (non-hydrogen) atoms. The van der Waals surface area contributed by atoms with Gasteiger partial charge in [0.05, 0.1) is 25.2 Å². The largest absolute Gasteiger partial charge is 0.497 e. The lowest BCUT2D eigenvalue weighted by Gasteiger charge is -2.35. The van der Waals surface area contributed by atoms with E-state index in [2.05, 4.69) is 5.32 Å². The van der Waals surface area contributed by atoms with E-state index in [1.165, 1.54) is 42.8 Å². The third-order valence-electron chi connectivity index (χ3n) is 7.29. The van der Waals surface area contributed by atoms with Crippen LogP contribution < -0.4 is 10.1 Å². The Hall–Kier alpha value is -2.92. The van der Waals surface area contributed by atoms with E-state index in [-0.39, 0.29) is 48.8 Å². The van der Waals surface area contributed by atoms with Gasteiger partial charge in [-0.1, -0.05) is 37.5 Å². The minimum Gasteiger partial charge on any atom is -0.497 e. The smallest absolute Gasteiger partial charge is 0.290 e. The average molecular weight is 559 g/mol. The Bertz CT molecular complexity index is 1200. The second kappa shape index (κ2) is 13.9. The van der Waals surface area contributed by atoms with Gasteiger partial charge in [0, 0.05) is 25.2 Å². The van der Waals surface area contributed by atoms with Crippen molar-refractivity contribution in [3.05, 3.63) is 66.4 Å². The number of rotatable bonds is 12. The number of nitrogens with zero attached hydrogens (tertiary/aromatic N) is 1. The van der Waals surface area contributed by atoms with Gasteiger partial charge in [0.1, 0.15) is 5.75 Å². The molecule has 2 N–H and O–H groups in total. The number of amides is 1. The molecule has 2 aliphatic rings. The van der Waals surface area contributed by atoms with E-state index < -0.39 is 16.3 Å². The predicted octanol–water partition coefficient (Wildman–Crippen LogP) is 4.16. The van der Waals surface area contributed by atoms with Crippen LogP contribution in [0.2, 0.25) is 0 Å². The number of anilines is 1. The maximum atomic E-state index is 13.2. The van der Waals surface area contributed by atoms with E-state index in [1.807, 2.05) is 36.4 Å². The molecule has 0 bridgehead atoms. The van der Waals surface area contributed by atoms with Crippen molar-refractivity contribution < 1.29 is 32.5 Å². The van der Waals surface area contributed by atoms with E-state index in [1.54, 1.807) is 12.1 Å². The summed E-state index contributed by atoms with van der Waals surface area (Å²) in [6, 6.07) is 15.3. The van der Waals surface area contributed by atoms with Gasteiger partial charge in [-0.2, -0.15) is 4.31 Å². The number of benzene rings is 2. The molecule has 1 amide bonds. The van der Waals surface area contributed by atoms with E-state index in [4.69, 9.17) is 14.2 Å². The summed E-state index contributed by atoms with van der Waals surface area (Å²) in [7, 11) is -2.35. The maximum Gasteiger partial charge on any atom is 0.290 e. The highest BCUT2D eigenvalue weighted by Crippen LogP contribution is 2.37. The first-order valence-corrected chi connectivity index (χ1v) is 15.0. The van der Waals surface area contributed by atoms with Crippen molar-refractivity contribution in [2.45, 2.75) is 49.7 Å². The minimum atomic E-state index is -3.86. The van der Waals surface area contributed by atoms with Gasteiger partial charge >= 0.3 is 0 Å². The van der Waals surface area contributed by atoms with Gasteiger partial charge in [-0.25, -0.2) is 8.42 Å². The Balaban J connectivity index is 1.42. The highest BCUT2D eigenvalue weighted by molar-refractivity contribution is 7.89. The molecule has 1 saturated carbocycles. The van der Waals surface area contributed by atoms with Crippen LogP contribution in [-0.4, -0.2) is 63.4 Å². The summed E-state index contributed by atoms with van der Waals surface area (Å²) in [6.45, 7) is -0.326. The molecule has 212 valence electrons. The molecule has 1 fully saturated rings. The second-order valence-electron chi connectivity index (χ2n) is 9.87. The fraction of sp³-hybridized carbons (Fsp3) is 0.483. The number of ether oxygens (including phenoxy) is 3. The minimum absolute atomic E-state index is 0.0259. The lowest BCUT2D eigenvalue weighted by molar-refractivity contribution is -0.149. The van der Waals surface area contributed by atoms with Crippen molar-refractivity contribution in [2.24, 2.45) is 11.8 Å². The number of methoxy groups -OCH3 is 1. The second-order valence-corrected chi connectivity index (χ2v) is 11.8. The number of aliphatic hydroxyl groups is 1. The van der Waals surface area contributed by atoms with Crippen molar-refractivity contribution in [2.75, 3.05) is 38.7 Å². The lowest BCUT2D eigenvalue weighted by Crippen LogP contribution is -2.38. The molecule has 1 aliphatic heterocycles. The number of aliphatic hydroxyl groups excluding tert-OH is 1. The van der Waals surface area contributed by atoms with Gasteiger partial charge in [0.2, 0.25) is 16.3 Å². The SMILES string of the molecule is COc1ccc(S(=O)(=O)N(CCO)CCO[C@@H]2C[C@H](C3CCCCC3)C=C(C(=O)Nc3ccccc3)O2)cc1. The van der Waals surface area contributed by atoms with Gasteiger partial charge in [0.15, 0.2) is 5.76 Å². The van der Waals surface area contributed by atoms with Crippen LogP contribution in [0.4, 0.5) is 5.69 Å². The van der Waals surface area contributed by atoms with Gasteiger partial charge < -0.3 is 24.6 Å². The number of hydrogen-bond acceptors (Lipinski definition) is 7. The Morgan fingerprint density at radius 2 is 1.77 bits per heavy atom. The molecular weight excluding hydrogens is 520 g/mol. The zero-order valence-corrected chi connectivity index (χ0v) is 23.1. The quantitative estimate of drug-likeness (QED) is 0.402. The third kappa shape index (κ3) is 7.82. The zero-order valence-electron chi connectivity index (χ0n) is 22.3. The molecular formula is C29H38N2O7S. The van der Waals surface area contributed by atoms with Crippen LogP contribution in [0.3, 0.4) is 0 Å². The molecule has 10 heteroatoms. The third-order valence-corrected chi connectivity index (χ3v) is 9.20. The van der Waals surface area contributed by atoms with Crippen molar-refractivity contribution in [1.82, 2.24) is 4.31 Å². The molecule has 4 rings (SSSR count). The zero-order chi connectivity index (χ0) is 27.7. The molecule has 2 atom stereocenters. The molecule has 2 aromatic rings. The number of sulfonamides is 1. The van der Waals surface area contributed by atoms with E-state index in [9.17, 15) is 18.3 Å². The summed E-state index contributed by atoms with van der Waals surface area (Å²) in [4.78, 5) is 13.2. The van der Waals surface area contributed by atoms with Crippen LogP contribution in [0.15, 0.2) is 71.3 Å². The van der Waals surface area contributed by atoms with Gasteiger partial charge in [-0.05, 0) is 67.2 Å². The first kappa shape index (κ1) is 29.1. The average Bonchev–Trinajstić information content (AvgIpc) is 2.97. The van der Waals surface area contributed by atoms with Crippen molar-refractivity contribution in [3.8, 4) is 5.75 Å². The Labute approximate surface area is 230 Å². The Morgan fingerprint density at radius 1 is 1.05 bits per heavy atom. The molecule has 1 aliphatic carbocycles. The molecule has 0 radical (unpaired) electrons. The first-order valence-electron chi connectivity index (χ1n) is 13.5. The summed E-state index contributed by atoms with van der Waals surface area (Å²) in [5, 5.41) is 12.4. The maximum absolute atomic E-state index is 13.2. The van der Waals surface area contributed by atoms with E-state index in [0.29, 0.717) is 23.8 Å². The van der Waals surface area contributed by atoms with Crippen molar-refractivity contribution >= 4 is 21.6 Å². The molecule has 0 aromatic heterocycles. The Morgan fingerprint density at radius 3 is 2.44 bits per heavy atom. The summed E-state index contributed by atoms with van der Waals surface area (Å²) < 4.78 is 44.7. The number of hydrogen-bond donors (Lipinski definition) is 2. The van der Waals surface area contributed by atoms with E-state index >= 15 is 0 Å². The summed E-state index contributed by atoms with van der Waals surface area (Å²) in [5.74, 6) is 1.03. The molecule has 9 nitrogen and oxygen atoms in total. The summed E-state index contributed by atoms with van der Waals surface area (Å²) >= 11 is 0. The van der Waals surface area contributed by atoms with Crippen LogP contribution >= 0.6 is 0 Å². The number of para-hydroxylation sites is 1. The van der Waals surface area contributed by atoms with Crippen LogP contribution in [-0.2, 0) is 24.3 Å². The van der Waals surface area contributed by atoms with Crippen LogP contribution in [0, 0.1) is 11.8 Å². The van der Waals surface area contributed by atoms with Crippen LogP contribution in [0.5, 0.6) is 5.75 Å². The van der Waals surface area contributed by atoms with Crippen LogP contribution in [0.1, 0.15) is 38.5 Å². The van der Waals surface area contributed by atoms with Crippen molar-refractivity contribution in [3.63, 3.8) is 0 Å². The summed E-state index contributed by atoms with van der Waals surface area (Å²) in [6.07, 6.45) is 7.63. The fourth-order valence-electron chi connectivity index (χ4n) is 5.20. The molecule has 1 heterocycles. The number of nitrogens with one attached hydrogen (secondary N) is 1. The topological polar surface area (TPSA) is 114 Å². The predicted molar refractivity (Wildman–Crippen MR) is 148 cm³/mol. The number of carbonyl (C=O) groups is 1. The normalized spacial score (nSPS) is 20.2. The highest BCUT2D eigenvalue weighted by Gasteiger charge is 2.33. The fourth-order valence-corrected chi connectivity index (χ4v) is 6.61. The molecule has 0 spiro atoms. The standard InChI is InChI=1S/C29H38N2O7S/c1-36-25-12-14-26(15-13-25)39(34,35)31(16-18-32)17-19-37-28-21-23(22-8-4-2-5-9-22)20-27(38-28)29(33)30-24-10-6-3-7-11-24/h3,6-7,10-15,20,22-23,28,32H,2,4-5,8-9,16-19,21H2,1H3,(H,30,33)/t23-,28+/m1/s1. The molecule has 2 aromatic carbocycles. The number of carbonyl (C=O) groups excluding carboxylic acids is 1. The van der Waals surface area contributed by atoms with Crippen LogP contribution in [0.25, 0.3) is 0 Å². The van der Waals surface area contributed by atoms with Gasteiger partial charge in [-0.15, -0.1) is 0 Å². The first-order chi connectivity index (χ1) is 18.9. The van der Waals surface area contributed by atoms with Gasteiger partial charge in [-0.3, -0.25) is 4.79 Å². The number of allylic oxidation sites excluding steroid dienone is 1. The lowest BCUT2D eigenvalue weighted by atomic mass is 9.77. The Kier molecular flexibility index (Phi) is 10.4.